The summed E-state index contributed by atoms with van der Waals surface area (Å²) in [5, 5.41) is 3.35. The summed E-state index contributed by atoms with van der Waals surface area (Å²) >= 11 is 0. The van der Waals surface area contributed by atoms with E-state index in [4.69, 9.17) is 4.74 Å². The van der Waals surface area contributed by atoms with Crippen molar-refractivity contribution in [2.24, 2.45) is 0 Å². The molecule has 0 aromatic carbocycles. The van der Waals surface area contributed by atoms with Crippen LogP contribution in [0.15, 0.2) is 17.2 Å². The molecule has 0 bridgehead atoms. The molecule has 2 rings (SSSR count). The molecule has 1 aromatic rings. The third-order valence-electron chi connectivity index (χ3n) is 3.44. The van der Waals surface area contributed by atoms with E-state index in [1.54, 1.807) is 19.3 Å². The number of nitrogens with one attached hydrogen (secondary N) is 2. The number of hydrogen-bond acceptors (Lipinski definition) is 4. The Morgan fingerprint density at radius 1 is 1.48 bits per heavy atom. The van der Waals surface area contributed by atoms with Gasteiger partial charge in [0.05, 0.1) is 17.6 Å². The summed E-state index contributed by atoms with van der Waals surface area (Å²) in [5.74, 6) is 0. The molecular weight excluding hydrogens is 290 g/mol. The van der Waals surface area contributed by atoms with E-state index in [1.807, 2.05) is 13.8 Å². The van der Waals surface area contributed by atoms with Gasteiger partial charge in [-0.15, -0.1) is 0 Å². The van der Waals surface area contributed by atoms with Gasteiger partial charge in [0.15, 0.2) is 0 Å². The minimum absolute atomic E-state index is 0.105. The highest BCUT2D eigenvalue weighted by Crippen LogP contribution is 2.20. The Morgan fingerprint density at radius 3 is 2.81 bits per heavy atom. The summed E-state index contributed by atoms with van der Waals surface area (Å²) < 4.78 is 31.5. The van der Waals surface area contributed by atoms with E-state index in [2.05, 4.69) is 10.3 Å². The fourth-order valence-electron chi connectivity index (χ4n) is 1.93. The number of nitrogens with zero attached hydrogens (tertiary/aromatic N) is 1. The van der Waals surface area contributed by atoms with Crippen LogP contribution in [0.5, 0.6) is 0 Å². The SMILES string of the molecule is CC(C)OCCN(C)S(=O)(=O)c1c[nH]c(CNC2CC2)c1. The topological polar surface area (TPSA) is 74.4 Å². The highest BCUT2D eigenvalue weighted by atomic mass is 32.2. The minimum atomic E-state index is -3.44. The normalized spacial score (nSPS) is 16.0. The number of H-pyrrole nitrogens is 1. The molecule has 120 valence electrons. The molecule has 0 unspecified atom stereocenters. The zero-order valence-corrected chi connectivity index (χ0v) is 13.7. The molecule has 0 amide bonds. The average molecular weight is 315 g/mol. The lowest BCUT2D eigenvalue weighted by Gasteiger charge is -2.17. The van der Waals surface area contributed by atoms with Crippen molar-refractivity contribution in [1.29, 1.82) is 0 Å². The molecule has 1 saturated carbocycles. The van der Waals surface area contributed by atoms with Crippen molar-refractivity contribution in [3.8, 4) is 0 Å². The largest absolute Gasteiger partial charge is 0.377 e. The Labute approximate surface area is 126 Å². The van der Waals surface area contributed by atoms with Crippen LogP contribution in [0, 0.1) is 0 Å². The molecule has 1 aromatic heterocycles. The summed E-state index contributed by atoms with van der Waals surface area (Å²) in [6.45, 7) is 5.29. The Hall–Kier alpha value is -0.890. The lowest BCUT2D eigenvalue weighted by atomic mass is 10.4. The van der Waals surface area contributed by atoms with Gasteiger partial charge in [-0.2, -0.15) is 4.31 Å². The average Bonchev–Trinajstić information content (AvgIpc) is 3.12. The molecule has 1 heterocycles. The van der Waals surface area contributed by atoms with Gasteiger partial charge in [0.1, 0.15) is 0 Å². The Morgan fingerprint density at radius 2 is 2.19 bits per heavy atom. The van der Waals surface area contributed by atoms with Gasteiger partial charge in [0.25, 0.3) is 0 Å². The van der Waals surface area contributed by atoms with Crippen molar-refractivity contribution >= 4 is 10.0 Å². The highest BCUT2D eigenvalue weighted by Gasteiger charge is 2.23. The number of aromatic nitrogens is 1. The first kappa shape index (κ1) is 16.5. The predicted octanol–water partition coefficient (Wildman–Crippen LogP) is 1.31. The van der Waals surface area contributed by atoms with Crippen LogP contribution < -0.4 is 5.32 Å². The van der Waals surface area contributed by atoms with Gasteiger partial charge < -0.3 is 15.0 Å². The Bertz CT molecular complexity index is 550. The quantitative estimate of drug-likeness (QED) is 0.720. The molecule has 0 spiro atoms. The van der Waals surface area contributed by atoms with E-state index in [9.17, 15) is 8.42 Å². The third-order valence-corrected chi connectivity index (χ3v) is 5.28. The maximum atomic E-state index is 12.4. The standard InChI is InChI=1S/C14H25N3O3S/c1-11(2)20-7-6-17(3)21(18,19)14-8-13(16-10-14)9-15-12-4-5-12/h8,10-12,15-16H,4-7,9H2,1-3H3. The highest BCUT2D eigenvalue weighted by molar-refractivity contribution is 7.89. The second-order valence-corrected chi connectivity index (χ2v) is 7.81. The van der Waals surface area contributed by atoms with Gasteiger partial charge in [0.2, 0.25) is 10.0 Å². The predicted molar refractivity (Wildman–Crippen MR) is 81.6 cm³/mol. The second-order valence-electron chi connectivity index (χ2n) is 5.76. The smallest absolute Gasteiger partial charge is 0.244 e. The molecule has 21 heavy (non-hydrogen) atoms. The van der Waals surface area contributed by atoms with Crippen LogP contribution in [0.3, 0.4) is 0 Å². The zero-order chi connectivity index (χ0) is 15.5. The fraction of sp³-hybridized carbons (Fsp3) is 0.714. The molecule has 1 aliphatic carbocycles. The maximum Gasteiger partial charge on any atom is 0.244 e. The Balaban J connectivity index is 1.90. The summed E-state index contributed by atoms with van der Waals surface area (Å²) in [5.41, 5.74) is 0.896. The molecule has 1 aliphatic rings. The van der Waals surface area contributed by atoms with Crippen molar-refractivity contribution < 1.29 is 13.2 Å². The van der Waals surface area contributed by atoms with Gasteiger partial charge in [-0.05, 0) is 32.8 Å². The van der Waals surface area contributed by atoms with Crippen molar-refractivity contribution in [2.75, 3.05) is 20.2 Å². The van der Waals surface area contributed by atoms with Crippen LogP contribution in [0.1, 0.15) is 32.4 Å². The second kappa shape index (κ2) is 6.91. The first-order chi connectivity index (χ1) is 9.89. The van der Waals surface area contributed by atoms with Crippen molar-refractivity contribution in [2.45, 2.75) is 50.3 Å². The molecular formula is C14H25N3O3S. The van der Waals surface area contributed by atoms with E-state index >= 15 is 0 Å². The van der Waals surface area contributed by atoms with Gasteiger partial charge in [-0.3, -0.25) is 0 Å². The number of hydrogen-bond donors (Lipinski definition) is 2. The summed E-state index contributed by atoms with van der Waals surface area (Å²) in [7, 11) is -1.87. The maximum absolute atomic E-state index is 12.4. The number of ether oxygens (including phenoxy) is 1. The number of sulfonamides is 1. The first-order valence-electron chi connectivity index (χ1n) is 7.38. The van der Waals surface area contributed by atoms with Crippen LogP contribution >= 0.6 is 0 Å². The van der Waals surface area contributed by atoms with E-state index in [0.29, 0.717) is 30.6 Å². The van der Waals surface area contributed by atoms with E-state index in [1.165, 1.54) is 17.1 Å². The first-order valence-corrected chi connectivity index (χ1v) is 8.82. The van der Waals surface area contributed by atoms with Gasteiger partial charge in [-0.25, -0.2) is 8.42 Å². The van der Waals surface area contributed by atoms with Crippen LogP contribution in [0.4, 0.5) is 0 Å². The zero-order valence-electron chi connectivity index (χ0n) is 12.9. The van der Waals surface area contributed by atoms with Crippen LogP contribution in [-0.2, 0) is 21.3 Å². The molecule has 0 aliphatic heterocycles. The fourth-order valence-corrected chi connectivity index (χ4v) is 3.10. The van der Waals surface area contributed by atoms with Crippen molar-refractivity contribution in [1.82, 2.24) is 14.6 Å². The monoisotopic (exact) mass is 315 g/mol. The van der Waals surface area contributed by atoms with Gasteiger partial charge >= 0.3 is 0 Å². The van der Waals surface area contributed by atoms with E-state index in [0.717, 1.165) is 5.69 Å². The lowest BCUT2D eigenvalue weighted by molar-refractivity contribution is 0.0737. The van der Waals surface area contributed by atoms with Gasteiger partial charge in [-0.1, -0.05) is 0 Å². The minimum Gasteiger partial charge on any atom is -0.377 e. The van der Waals surface area contributed by atoms with Crippen molar-refractivity contribution in [3.05, 3.63) is 18.0 Å². The molecule has 0 radical (unpaired) electrons. The molecule has 0 atom stereocenters. The molecule has 7 heteroatoms. The van der Waals surface area contributed by atoms with Gasteiger partial charge in [0, 0.05) is 38.1 Å². The molecule has 2 N–H and O–H groups in total. The Kier molecular flexibility index (Phi) is 5.43. The number of aromatic amines is 1. The molecule has 6 nitrogen and oxygen atoms in total. The molecule has 1 fully saturated rings. The van der Waals surface area contributed by atoms with Crippen LogP contribution in [-0.4, -0.2) is 50.1 Å². The van der Waals surface area contributed by atoms with Crippen molar-refractivity contribution in [3.63, 3.8) is 0 Å². The lowest BCUT2D eigenvalue weighted by Crippen LogP contribution is -2.30. The van der Waals surface area contributed by atoms with E-state index < -0.39 is 10.0 Å². The van der Waals surface area contributed by atoms with Crippen LogP contribution in [0.2, 0.25) is 0 Å². The third kappa shape index (κ3) is 4.81. The number of rotatable bonds is 9. The van der Waals surface area contributed by atoms with E-state index in [-0.39, 0.29) is 6.10 Å². The summed E-state index contributed by atoms with van der Waals surface area (Å²) in [6.07, 6.45) is 4.09. The summed E-state index contributed by atoms with van der Waals surface area (Å²) in [4.78, 5) is 3.33. The molecule has 0 saturated heterocycles. The summed E-state index contributed by atoms with van der Waals surface area (Å²) in [6, 6.07) is 2.30. The van der Waals surface area contributed by atoms with Crippen LogP contribution in [0.25, 0.3) is 0 Å². The number of likely N-dealkylation sites (N-methyl/N-ethyl adjacent to an activating group) is 1.